The smallest absolute Gasteiger partial charge is 0.338 e. The molecule has 1 atom stereocenters. The van der Waals surface area contributed by atoms with E-state index in [1.807, 2.05) is 24.3 Å². The van der Waals surface area contributed by atoms with E-state index in [9.17, 15) is 19.2 Å². The monoisotopic (exact) mass is 522 g/mol. The fraction of sp³-hybridized carbons (Fsp3) is 0.312. The van der Waals surface area contributed by atoms with Crippen LogP contribution in [0.25, 0.3) is 11.1 Å². The molecule has 1 aliphatic carbocycles. The third-order valence-corrected chi connectivity index (χ3v) is 8.19. The molecule has 39 heavy (non-hydrogen) atoms. The largest absolute Gasteiger partial charge is 0.454 e. The lowest BCUT2D eigenvalue weighted by Crippen LogP contribution is -2.45. The highest BCUT2D eigenvalue weighted by molar-refractivity contribution is 6.22. The molecule has 2 fully saturated rings. The van der Waals surface area contributed by atoms with Gasteiger partial charge in [-0.3, -0.25) is 19.3 Å². The molecule has 2 heterocycles. The molecule has 198 valence electrons. The second kappa shape index (κ2) is 10.2. The Bertz CT molecular complexity index is 1470. The zero-order valence-corrected chi connectivity index (χ0v) is 21.9. The van der Waals surface area contributed by atoms with Crippen LogP contribution < -0.4 is 4.90 Å². The first kappa shape index (κ1) is 25.2. The Balaban J connectivity index is 1.07. The van der Waals surface area contributed by atoms with E-state index in [0.29, 0.717) is 17.2 Å². The Morgan fingerprint density at radius 3 is 2.33 bits per heavy atom. The predicted octanol–water partition coefficient (Wildman–Crippen LogP) is 4.66. The van der Waals surface area contributed by atoms with E-state index in [1.54, 1.807) is 18.2 Å². The van der Waals surface area contributed by atoms with Crippen LogP contribution in [0.2, 0.25) is 0 Å². The van der Waals surface area contributed by atoms with Gasteiger partial charge in [0.15, 0.2) is 12.4 Å². The molecule has 3 aromatic rings. The number of anilines is 1. The summed E-state index contributed by atoms with van der Waals surface area (Å²) >= 11 is 0. The number of hydrogen-bond acceptors (Lipinski definition) is 6. The normalized spacial score (nSPS) is 19.2. The van der Waals surface area contributed by atoms with Gasteiger partial charge in [-0.05, 0) is 90.9 Å². The summed E-state index contributed by atoms with van der Waals surface area (Å²) in [6, 6.07) is 19.6. The molecule has 1 unspecified atom stereocenters. The van der Waals surface area contributed by atoms with E-state index in [2.05, 4.69) is 24.0 Å². The maximum Gasteiger partial charge on any atom is 0.338 e. The average molecular weight is 523 g/mol. The summed E-state index contributed by atoms with van der Waals surface area (Å²) < 4.78 is 5.30. The highest BCUT2D eigenvalue weighted by atomic mass is 16.5. The van der Waals surface area contributed by atoms with Gasteiger partial charge in [-0.25, -0.2) is 9.69 Å². The zero-order valence-electron chi connectivity index (χ0n) is 21.9. The second-order valence-corrected chi connectivity index (χ2v) is 10.8. The minimum absolute atomic E-state index is 0.175. The maximum absolute atomic E-state index is 13.1. The molecule has 3 aliphatic rings. The number of piperidine rings is 1. The molecule has 2 saturated heterocycles. The number of likely N-dealkylation sites (tertiary alicyclic amines) is 1. The number of carbonyl (C=O) groups excluding carboxylic acids is 4. The Morgan fingerprint density at radius 1 is 0.872 bits per heavy atom. The summed E-state index contributed by atoms with van der Waals surface area (Å²) in [6.07, 6.45) is 3.00. The molecule has 0 N–H and O–H groups in total. The molecule has 0 spiro atoms. The highest BCUT2D eigenvalue weighted by Crippen LogP contribution is 2.36. The molecule has 0 aromatic heterocycles. The lowest BCUT2D eigenvalue weighted by Gasteiger charge is -2.33. The van der Waals surface area contributed by atoms with Crippen molar-refractivity contribution in [3.8, 4) is 11.1 Å². The van der Waals surface area contributed by atoms with Crippen LogP contribution in [-0.2, 0) is 20.7 Å². The minimum Gasteiger partial charge on any atom is -0.454 e. The molecule has 3 aromatic carbocycles. The molecular weight excluding hydrogens is 492 g/mol. The van der Waals surface area contributed by atoms with E-state index in [0.717, 1.165) is 43.5 Å². The summed E-state index contributed by atoms with van der Waals surface area (Å²) in [4.78, 5) is 54.5. The third-order valence-electron chi connectivity index (χ3n) is 8.19. The molecule has 0 bridgehead atoms. The number of ether oxygens (including phenoxy) is 1. The predicted molar refractivity (Wildman–Crippen MR) is 147 cm³/mol. The first-order valence-corrected chi connectivity index (χ1v) is 13.5. The lowest BCUT2D eigenvalue weighted by atomic mass is 9.97. The van der Waals surface area contributed by atoms with Gasteiger partial charge < -0.3 is 4.74 Å². The first-order chi connectivity index (χ1) is 18.9. The molecule has 6 rings (SSSR count). The van der Waals surface area contributed by atoms with Crippen molar-refractivity contribution in [3.63, 3.8) is 0 Å². The van der Waals surface area contributed by atoms with Gasteiger partial charge >= 0.3 is 5.97 Å². The fourth-order valence-corrected chi connectivity index (χ4v) is 5.88. The molecule has 2 amide bonds. The van der Waals surface area contributed by atoms with Crippen molar-refractivity contribution in [2.45, 2.75) is 38.6 Å². The van der Waals surface area contributed by atoms with Crippen LogP contribution in [0.15, 0.2) is 66.7 Å². The number of amides is 2. The minimum atomic E-state index is -0.636. The number of ketones is 1. The lowest BCUT2D eigenvalue weighted by molar-refractivity contribution is -0.123. The van der Waals surface area contributed by atoms with Crippen molar-refractivity contribution in [2.75, 3.05) is 24.6 Å². The van der Waals surface area contributed by atoms with Crippen LogP contribution >= 0.6 is 0 Å². The van der Waals surface area contributed by atoms with Crippen LogP contribution in [0.4, 0.5) is 5.69 Å². The van der Waals surface area contributed by atoms with Crippen LogP contribution in [0.1, 0.15) is 58.0 Å². The van der Waals surface area contributed by atoms with Gasteiger partial charge in [0, 0.05) is 5.56 Å². The van der Waals surface area contributed by atoms with Gasteiger partial charge in [-0.1, -0.05) is 43.3 Å². The number of benzene rings is 3. The number of esters is 1. The van der Waals surface area contributed by atoms with Crippen molar-refractivity contribution in [1.29, 1.82) is 0 Å². The number of imide groups is 1. The zero-order chi connectivity index (χ0) is 27.1. The summed E-state index contributed by atoms with van der Waals surface area (Å²) in [5.74, 6) is -0.721. The summed E-state index contributed by atoms with van der Waals surface area (Å²) in [7, 11) is 0. The van der Waals surface area contributed by atoms with Crippen LogP contribution in [0.3, 0.4) is 0 Å². The van der Waals surface area contributed by atoms with Crippen LogP contribution in [0.5, 0.6) is 0 Å². The topological polar surface area (TPSA) is 84.0 Å². The summed E-state index contributed by atoms with van der Waals surface area (Å²) in [5, 5.41) is 0. The average Bonchev–Trinajstić information content (AvgIpc) is 3.47. The van der Waals surface area contributed by atoms with E-state index in [-0.39, 0.29) is 36.2 Å². The van der Waals surface area contributed by atoms with Gasteiger partial charge in [-0.15, -0.1) is 0 Å². The molecule has 7 heteroatoms. The van der Waals surface area contributed by atoms with Crippen molar-refractivity contribution >= 4 is 29.3 Å². The first-order valence-electron chi connectivity index (χ1n) is 13.5. The van der Waals surface area contributed by atoms with Gasteiger partial charge in [0.25, 0.3) is 5.91 Å². The number of fused-ring (bicyclic) bond motifs is 3. The second-order valence-electron chi connectivity index (χ2n) is 10.8. The standard InChI is InChI=1S/C32H30N2O5/c1-20-12-14-33(15-13-20)28-18-30(36)34(31(28)37)25-9-6-21(7-10-25)32(38)39-19-29(35)23-8-11-27-24(17-23)16-22-4-2-3-5-26(22)27/h2-11,17,20,28H,12-16,18-19H2,1H3. The fourth-order valence-electron chi connectivity index (χ4n) is 5.88. The summed E-state index contributed by atoms with van der Waals surface area (Å²) in [6.45, 7) is 3.48. The Morgan fingerprint density at radius 2 is 1.56 bits per heavy atom. The van der Waals surface area contributed by atoms with Gasteiger partial charge in [0.05, 0.1) is 23.7 Å². The summed E-state index contributed by atoms with van der Waals surface area (Å²) in [5.41, 5.74) is 5.84. The number of carbonyl (C=O) groups is 4. The number of Topliss-reactive ketones (excluding diaryl/α,β-unsaturated/α-hetero) is 1. The van der Waals surface area contributed by atoms with Gasteiger partial charge in [0.2, 0.25) is 5.91 Å². The van der Waals surface area contributed by atoms with Crippen molar-refractivity contribution in [3.05, 3.63) is 89.0 Å². The maximum atomic E-state index is 13.1. The molecule has 0 radical (unpaired) electrons. The SMILES string of the molecule is CC1CCN(C2CC(=O)N(c3ccc(C(=O)OCC(=O)c4ccc5c(c4)Cc4ccccc4-5)cc3)C2=O)CC1. The van der Waals surface area contributed by atoms with Crippen LogP contribution in [0, 0.1) is 5.92 Å². The Kier molecular flexibility index (Phi) is 6.61. The van der Waals surface area contributed by atoms with E-state index in [1.165, 1.54) is 28.2 Å². The molecular formula is C32H30N2O5. The van der Waals surface area contributed by atoms with E-state index >= 15 is 0 Å². The third kappa shape index (κ3) is 4.79. The van der Waals surface area contributed by atoms with Gasteiger partial charge in [0.1, 0.15) is 0 Å². The molecule has 2 aliphatic heterocycles. The van der Waals surface area contributed by atoms with E-state index < -0.39 is 12.0 Å². The number of rotatable bonds is 6. The van der Waals surface area contributed by atoms with Crippen molar-refractivity contribution < 1.29 is 23.9 Å². The van der Waals surface area contributed by atoms with Gasteiger partial charge in [-0.2, -0.15) is 0 Å². The molecule has 7 nitrogen and oxygen atoms in total. The molecule has 0 saturated carbocycles. The van der Waals surface area contributed by atoms with Crippen LogP contribution in [-0.4, -0.2) is 54.2 Å². The van der Waals surface area contributed by atoms with Crippen molar-refractivity contribution in [2.24, 2.45) is 5.92 Å². The Hall–Kier alpha value is -4.10. The highest BCUT2D eigenvalue weighted by Gasteiger charge is 2.43. The Labute approximate surface area is 227 Å². The van der Waals surface area contributed by atoms with E-state index in [4.69, 9.17) is 4.74 Å². The van der Waals surface area contributed by atoms with Crippen molar-refractivity contribution in [1.82, 2.24) is 4.90 Å². The number of nitrogens with zero attached hydrogens (tertiary/aromatic N) is 2. The number of hydrogen-bond donors (Lipinski definition) is 0. The quantitative estimate of drug-likeness (QED) is 0.208.